The van der Waals surface area contributed by atoms with E-state index in [4.69, 9.17) is 0 Å². The van der Waals surface area contributed by atoms with Crippen molar-refractivity contribution in [3.63, 3.8) is 0 Å². The Morgan fingerprint density at radius 1 is 1.12 bits per heavy atom. The average molecular weight is 457 g/mol. The Kier molecular flexibility index (Phi) is 5.82. The number of hydrogen-bond donors (Lipinski definition) is 1. The van der Waals surface area contributed by atoms with Gasteiger partial charge in [-0.2, -0.15) is 0 Å². The van der Waals surface area contributed by atoms with Gasteiger partial charge >= 0.3 is 0 Å². The summed E-state index contributed by atoms with van der Waals surface area (Å²) < 4.78 is 41.0. The predicted octanol–water partition coefficient (Wildman–Crippen LogP) is 4.87. The third kappa shape index (κ3) is 4.21. The number of piperazine rings is 1. The minimum Gasteiger partial charge on any atom is -0.363 e. The molecule has 9 heteroatoms. The molecule has 2 aromatic heterocycles. The van der Waals surface area contributed by atoms with Gasteiger partial charge in [0.2, 0.25) is 0 Å². The van der Waals surface area contributed by atoms with Crippen LogP contribution < -0.4 is 10.2 Å². The van der Waals surface area contributed by atoms with Crippen LogP contribution in [0.5, 0.6) is 0 Å². The first-order valence-corrected chi connectivity index (χ1v) is 11.4. The van der Waals surface area contributed by atoms with Gasteiger partial charge in [0.15, 0.2) is 0 Å². The molecule has 33 heavy (non-hydrogen) atoms. The minimum atomic E-state index is -2.87. The molecule has 0 saturated carbocycles. The summed E-state index contributed by atoms with van der Waals surface area (Å²) in [5.74, 6) is 1.06. The molecule has 6 nitrogen and oxygen atoms in total. The summed E-state index contributed by atoms with van der Waals surface area (Å²) in [6.45, 7) is 7.56. The number of hydrogen-bond acceptors (Lipinski definition) is 6. The monoisotopic (exact) mass is 456 g/mol. The zero-order chi connectivity index (χ0) is 23.1. The molecule has 0 radical (unpaired) electrons. The van der Waals surface area contributed by atoms with Gasteiger partial charge in [0.05, 0.1) is 23.3 Å². The standard InChI is InChI=1S/C24H27F3N6/c1-14(17-6-3-7-18(22(17)25)23(26)27)29-24-19-11-21(28-12-20(19)30-15(2)31-24)33-10-9-32-8-4-5-16(32)13-33/h3,6-7,11-12,14,16,23H,4-5,8-10,13H2,1-2H3,(H,29,30,31)/t14-,16+/m1/s1. The van der Waals surface area contributed by atoms with Crippen LogP contribution in [0.4, 0.5) is 24.8 Å². The van der Waals surface area contributed by atoms with Crippen molar-refractivity contribution in [3.8, 4) is 0 Å². The smallest absolute Gasteiger partial charge is 0.266 e. The molecule has 2 atom stereocenters. The highest BCUT2D eigenvalue weighted by Crippen LogP contribution is 2.32. The Labute approximate surface area is 190 Å². The van der Waals surface area contributed by atoms with Crippen molar-refractivity contribution in [1.29, 1.82) is 0 Å². The zero-order valence-corrected chi connectivity index (χ0v) is 18.7. The van der Waals surface area contributed by atoms with Crippen LogP contribution in [-0.2, 0) is 0 Å². The first-order chi connectivity index (χ1) is 15.9. The van der Waals surface area contributed by atoms with Gasteiger partial charge in [-0.1, -0.05) is 18.2 Å². The van der Waals surface area contributed by atoms with Gasteiger partial charge < -0.3 is 10.2 Å². The van der Waals surface area contributed by atoms with Crippen molar-refractivity contribution in [1.82, 2.24) is 19.9 Å². The largest absolute Gasteiger partial charge is 0.363 e. The fourth-order valence-electron chi connectivity index (χ4n) is 4.97. The van der Waals surface area contributed by atoms with Crippen LogP contribution >= 0.6 is 0 Å². The second-order valence-electron chi connectivity index (χ2n) is 8.87. The number of nitrogens with one attached hydrogen (secondary N) is 1. The van der Waals surface area contributed by atoms with Crippen molar-refractivity contribution >= 4 is 22.5 Å². The highest BCUT2D eigenvalue weighted by Gasteiger charge is 2.31. The summed E-state index contributed by atoms with van der Waals surface area (Å²) in [7, 11) is 0. The van der Waals surface area contributed by atoms with Crippen molar-refractivity contribution in [2.75, 3.05) is 36.4 Å². The maximum absolute atomic E-state index is 14.7. The number of aromatic nitrogens is 3. The van der Waals surface area contributed by atoms with Crippen molar-refractivity contribution in [3.05, 3.63) is 53.2 Å². The van der Waals surface area contributed by atoms with Crippen LogP contribution in [0.3, 0.4) is 0 Å². The summed E-state index contributed by atoms with van der Waals surface area (Å²) in [6, 6.07) is 6.05. The minimum absolute atomic E-state index is 0.170. The quantitative estimate of drug-likeness (QED) is 0.591. The Bertz CT molecular complexity index is 1170. The summed E-state index contributed by atoms with van der Waals surface area (Å²) >= 11 is 0. The number of pyridine rings is 1. The lowest BCUT2D eigenvalue weighted by Gasteiger charge is -2.38. The molecule has 5 rings (SSSR count). The number of benzene rings is 1. The number of anilines is 2. The normalized spacial score (nSPS) is 19.8. The van der Waals surface area contributed by atoms with E-state index >= 15 is 0 Å². The second kappa shape index (κ2) is 8.78. The van der Waals surface area contributed by atoms with Gasteiger partial charge in [0.25, 0.3) is 6.43 Å². The van der Waals surface area contributed by atoms with E-state index in [-0.39, 0.29) is 5.56 Å². The van der Waals surface area contributed by atoms with E-state index in [0.717, 1.165) is 36.9 Å². The second-order valence-corrected chi connectivity index (χ2v) is 8.87. The molecule has 2 aliphatic heterocycles. The number of halogens is 3. The summed E-state index contributed by atoms with van der Waals surface area (Å²) in [5, 5.41) is 4.00. The zero-order valence-electron chi connectivity index (χ0n) is 18.7. The van der Waals surface area contributed by atoms with Gasteiger partial charge in [-0.05, 0) is 39.3 Å². The molecule has 2 fully saturated rings. The maximum Gasteiger partial charge on any atom is 0.266 e. The molecule has 0 bridgehead atoms. The van der Waals surface area contributed by atoms with Crippen LogP contribution in [0.2, 0.25) is 0 Å². The molecule has 0 amide bonds. The Hall–Kier alpha value is -2.94. The summed E-state index contributed by atoms with van der Waals surface area (Å²) in [6.07, 6.45) is 1.33. The van der Waals surface area contributed by atoms with Crippen LogP contribution in [0.1, 0.15) is 49.2 Å². The van der Waals surface area contributed by atoms with Crippen LogP contribution in [0.25, 0.3) is 10.9 Å². The molecule has 2 aliphatic rings. The molecule has 4 heterocycles. The van der Waals surface area contributed by atoms with E-state index in [2.05, 4.69) is 30.1 Å². The lowest BCUT2D eigenvalue weighted by Crippen LogP contribution is -2.50. The van der Waals surface area contributed by atoms with Crippen molar-refractivity contribution in [2.24, 2.45) is 0 Å². The molecule has 1 aromatic carbocycles. The Morgan fingerprint density at radius 2 is 1.94 bits per heavy atom. The molecular weight excluding hydrogens is 429 g/mol. The first-order valence-electron chi connectivity index (χ1n) is 11.4. The van der Waals surface area contributed by atoms with Gasteiger partial charge in [0.1, 0.15) is 23.3 Å². The number of nitrogens with zero attached hydrogens (tertiary/aromatic N) is 5. The number of rotatable bonds is 5. The van der Waals surface area contributed by atoms with Crippen LogP contribution in [0, 0.1) is 12.7 Å². The van der Waals surface area contributed by atoms with E-state index in [9.17, 15) is 13.2 Å². The van der Waals surface area contributed by atoms with E-state index in [1.54, 1.807) is 20.0 Å². The Morgan fingerprint density at radius 3 is 2.76 bits per heavy atom. The van der Waals surface area contributed by atoms with Crippen molar-refractivity contribution < 1.29 is 13.2 Å². The van der Waals surface area contributed by atoms with Gasteiger partial charge in [-0.15, -0.1) is 0 Å². The van der Waals surface area contributed by atoms with Crippen LogP contribution in [-0.4, -0.2) is 52.1 Å². The fourth-order valence-corrected chi connectivity index (χ4v) is 4.97. The van der Waals surface area contributed by atoms with E-state index in [1.807, 2.05) is 6.07 Å². The van der Waals surface area contributed by atoms with Gasteiger partial charge in [0, 0.05) is 36.6 Å². The van der Waals surface area contributed by atoms with E-state index in [1.165, 1.54) is 31.5 Å². The predicted molar refractivity (Wildman–Crippen MR) is 122 cm³/mol. The lowest BCUT2D eigenvalue weighted by atomic mass is 10.0. The molecule has 2 saturated heterocycles. The highest BCUT2D eigenvalue weighted by molar-refractivity contribution is 5.90. The lowest BCUT2D eigenvalue weighted by molar-refractivity contribution is 0.146. The topological polar surface area (TPSA) is 57.2 Å². The maximum atomic E-state index is 14.7. The Balaban J connectivity index is 1.46. The molecule has 174 valence electrons. The molecule has 0 spiro atoms. The highest BCUT2D eigenvalue weighted by atomic mass is 19.3. The third-order valence-corrected chi connectivity index (χ3v) is 6.70. The molecule has 3 aromatic rings. The SMILES string of the molecule is Cc1nc(N[C@H](C)c2cccc(C(F)F)c2F)c2cc(N3CCN4CCC[C@H]4C3)ncc2n1. The van der Waals surface area contributed by atoms with Gasteiger partial charge in [-0.25, -0.2) is 28.1 Å². The average Bonchev–Trinajstić information content (AvgIpc) is 3.26. The van der Waals surface area contributed by atoms with Gasteiger partial charge in [-0.3, -0.25) is 4.90 Å². The fraction of sp³-hybridized carbons (Fsp3) is 0.458. The molecule has 1 N–H and O–H groups in total. The number of aryl methyl sites for hydroxylation is 1. The van der Waals surface area contributed by atoms with E-state index < -0.39 is 23.8 Å². The summed E-state index contributed by atoms with van der Waals surface area (Å²) in [5.41, 5.74) is 0.258. The van der Waals surface area contributed by atoms with Crippen LogP contribution in [0.15, 0.2) is 30.5 Å². The number of alkyl halides is 2. The first kappa shape index (κ1) is 21.9. The number of fused-ring (bicyclic) bond motifs is 2. The van der Waals surface area contributed by atoms with E-state index in [0.29, 0.717) is 23.2 Å². The third-order valence-electron chi connectivity index (χ3n) is 6.70. The summed E-state index contributed by atoms with van der Waals surface area (Å²) in [4.78, 5) is 18.5. The molecular formula is C24H27F3N6. The molecule has 0 aliphatic carbocycles. The van der Waals surface area contributed by atoms with Crippen molar-refractivity contribution in [2.45, 2.75) is 45.2 Å². The molecule has 0 unspecified atom stereocenters.